The molecule has 2 rings (SSSR count). The number of piperazine rings is 1. The van der Waals surface area contributed by atoms with Crippen LogP contribution in [-0.4, -0.2) is 48.8 Å². The van der Waals surface area contributed by atoms with Gasteiger partial charge in [-0.05, 0) is 31.5 Å². The summed E-state index contributed by atoms with van der Waals surface area (Å²) in [6.45, 7) is 8.80. The monoisotopic (exact) mass is 263 g/mol. The maximum atomic E-state index is 9.14. The fraction of sp³-hybridized carbons (Fsp3) is 0.600. The van der Waals surface area contributed by atoms with Crippen molar-refractivity contribution in [2.24, 2.45) is 5.73 Å². The summed E-state index contributed by atoms with van der Waals surface area (Å²) in [5.41, 5.74) is 8.10. The largest absolute Gasteiger partial charge is 0.394 e. The highest BCUT2D eigenvalue weighted by atomic mass is 16.3. The van der Waals surface area contributed by atoms with Crippen molar-refractivity contribution in [3.05, 3.63) is 29.8 Å². The third kappa shape index (κ3) is 3.47. The lowest BCUT2D eigenvalue weighted by Gasteiger charge is -2.38. The van der Waals surface area contributed by atoms with Crippen LogP contribution in [0, 0.1) is 0 Å². The van der Waals surface area contributed by atoms with Crippen molar-refractivity contribution in [3.8, 4) is 0 Å². The third-order valence-corrected chi connectivity index (χ3v) is 3.90. The molecule has 1 aromatic carbocycles. The number of aliphatic hydroxyl groups excluding tert-OH is 1. The Morgan fingerprint density at radius 3 is 2.47 bits per heavy atom. The van der Waals surface area contributed by atoms with Gasteiger partial charge in [-0.3, -0.25) is 4.90 Å². The van der Waals surface area contributed by atoms with Crippen LogP contribution in [0.3, 0.4) is 0 Å². The number of nitrogens with two attached hydrogens (primary N) is 1. The number of hydrogen-bond donors (Lipinski definition) is 2. The van der Waals surface area contributed by atoms with Crippen molar-refractivity contribution in [3.63, 3.8) is 0 Å². The van der Waals surface area contributed by atoms with Gasteiger partial charge in [0, 0.05) is 37.9 Å². The molecule has 1 saturated heterocycles. The van der Waals surface area contributed by atoms with E-state index in [0.717, 1.165) is 31.7 Å². The van der Waals surface area contributed by atoms with Gasteiger partial charge in [0.25, 0.3) is 0 Å². The zero-order chi connectivity index (χ0) is 13.8. The minimum atomic E-state index is -0.281. The van der Waals surface area contributed by atoms with Crippen molar-refractivity contribution in [2.75, 3.05) is 37.7 Å². The molecule has 3 N–H and O–H groups in total. The predicted octanol–water partition coefficient (Wildman–Crippen LogP) is 1.21. The molecule has 1 aliphatic heterocycles. The van der Waals surface area contributed by atoms with Crippen molar-refractivity contribution in [1.82, 2.24) is 4.90 Å². The Kier molecular flexibility index (Phi) is 4.80. The van der Waals surface area contributed by atoms with Gasteiger partial charge in [0.05, 0.1) is 12.6 Å². The second-order valence-corrected chi connectivity index (χ2v) is 5.50. The zero-order valence-electron chi connectivity index (χ0n) is 11.9. The Bertz CT molecular complexity index is 400. The number of aliphatic hydroxyl groups is 1. The van der Waals surface area contributed by atoms with Gasteiger partial charge < -0.3 is 15.7 Å². The minimum absolute atomic E-state index is 0.00934. The van der Waals surface area contributed by atoms with Crippen LogP contribution in [-0.2, 0) is 0 Å². The molecule has 0 spiro atoms. The fourth-order valence-electron chi connectivity index (χ4n) is 2.55. The lowest BCUT2D eigenvalue weighted by Crippen LogP contribution is -2.48. The SMILES string of the molecule is CC(C)N1CCN(c2cccc(C(N)CO)c2)CC1. The van der Waals surface area contributed by atoms with Crippen LogP contribution in [0.15, 0.2) is 24.3 Å². The Morgan fingerprint density at radius 1 is 1.21 bits per heavy atom. The van der Waals surface area contributed by atoms with Gasteiger partial charge in [-0.25, -0.2) is 0 Å². The summed E-state index contributed by atoms with van der Waals surface area (Å²) < 4.78 is 0. The Hall–Kier alpha value is -1.10. The first kappa shape index (κ1) is 14.3. The quantitative estimate of drug-likeness (QED) is 0.857. The van der Waals surface area contributed by atoms with Crippen LogP contribution >= 0.6 is 0 Å². The Morgan fingerprint density at radius 2 is 1.89 bits per heavy atom. The van der Waals surface area contributed by atoms with E-state index in [9.17, 15) is 0 Å². The van der Waals surface area contributed by atoms with Gasteiger partial charge in [0.15, 0.2) is 0 Å². The molecular formula is C15H25N3O. The molecule has 4 nitrogen and oxygen atoms in total. The molecule has 19 heavy (non-hydrogen) atoms. The molecule has 1 heterocycles. The first-order valence-electron chi connectivity index (χ1n) is 7.07. The summed E-state index contributed by atoms with van der Waals surface area (Å²) in [5.74, 6) is 0. The number of hydrogen-bond acceptors (Lipinski definition) is 4. The molecule has 1 aromatic rings. The van der Waals surface area contributed by atoms with Gasteiger partial charge in [-0.2, -0.15) is 0 Å². The van der Waals surface area contributed by atoms with Gasteiger partial charge in [0.1, 0.15) is 0 Å². The summed E-state index contributed by atoms with van der Waals surface area (Å²) in [7, 11) is 0. The highest BCUT2D eigenvalue weighted by Crippen LogP contribution is 2.21. The Balaban J connectivity index is 2.03. The molecule has 106 valence electrons. The molecule has 0 amide bonds. The van der Waals surface area contributed by atoms with E-state index in [-0.39, 0.29) is 12.6 Å². The fourth-order valence-corrected chi connectivity index (χ4v) is 2.55. The van der Waals surface area contributed by atoms with Gasteiger partial charge in [-0.15, -0.1) is 0 Å². The zero-order valence-corrected chi connectivity index (χ0v) is 11.9. The normalized spacial score (nSPS) is 18.9. The smallest absolute Gasteiger partial charge is 0.0624 e. The highest BCUT2D eigenvalue weighted by molar-refractivity contribution is 5.49. The van der Waals surface area contributed by atoms with Crippen molar-refractivity contribution >= 4 is 5.69 Å². The van der Waals surface area contributed by atoms with Crippen LogP contribution in [0.5, 0.6) is 0 Å². The van der Waals surface area contributed by atoms with E-state index in [2.05, 4.69) is 35.8 Å². The highest BCUT2D eigenvalue weighted by Gasteiger charge is 2.19. The number of benzene rings is 1. The maximum absolute atomic E-state index is 9.14. The third-order valence-electron chi connectivity index (χ3n) is 3.90. The van der Waals surface area contributed by atoms with E-state index in [4.69, 9.17) is 10.8 Å². The van der Waals surface area contributed by atoms with Crippen molar-refractivity contribution < 1.29 is 5.11 Å². The lowest BCUT2D eigenvalue weighted by atomic mass is 10.1. The Labute approximate surface area is 115 Å². The first-order chi connectivity index (χ1) is 9.11. The molecular weight excluding hydrogens is 238 g/mol. The van der Waals surface area contributed by atoms with Crippen LogP contribution in [0.4, 0.5) is 5.69 Å². The second kappa shape index (κ2) is 6.37. The van der Waals surface area contributed by atoms with Gasteiger partial charge in [0.2, 0.25) is 0 Å². The van der Waals surface area contributed by atoms with E-state index in [0.29, 0.717) is 6.04 Å². The molecule has 4 heteroatoms. The summed E-state index contributed by atoms with van der Waals surface area (Å²) in [4.78, 5) is 4.90. The van der Waals surface area contributed by atoms with Gasteiger partial charge in [-0.1, -0.05) is 12.1 Å². The molecule has 1 fully saturated rings. The lowest BCUT2D eigenvalue weighted by molar-refractivity contribution is 0.209. The number of anilines is 1. The van der Waals surface area contributed by atoms with Crippen LogP contribution in [0.25, 0.3) is 0 Å². The van der Waals surface area contributed by atoms with Crippen molar-refractivity contribution in [1.29, 1.82) is 0 Å². The van der Waals surface area contributed by atoms with Crippen LogP contribution in [0.2, 0.25) is 0 Å². The number of nitrogens with zero attached hydrogens (tertiary/aromatic N) is 2. The molecule has 1 unspecified atom stereocenters. The summed E-state index contributed by atoms with van der Waals surface area (Å²) in [5, 5.41) is 9.14. The summed E-state index contributed by atoms with van der Waals surface area (Å²) in [6, 6.07) is 8.57. The number of rotatable bonds is 4. The van der Waals surface area contributed by atoms with E-state index in [1.165, 1.54) is 5.69 Å². The van der Waals surface area contributed by atoms with E-state index in [1.54, 1.807) is 0 Å². The molecule has 0 bridgehead atoms. The van der Waals surface area contributed by atoms with Crippen LogP contribution < -0.4 is 10.6 Å². The van der Waals surface area contributed by atoms with Gasteiger partial charge >= 0.3 is 0 Å². The molecule has 0 radical (unpaired) electrons. The average Bonchev–Trinajstić information content (AvgIpc) is 2.46. The minimum Gasteiger partial charge on any atom is -0.394 e. The summed E-state index contributed by atoms with van der Waals surface area (Å²) >= 11 is 0. The van der Waals surface area contributed by atoms with E-state index < -0.39 is 0 Å². The average molecular weight is 263 g/mol. The van der Waals surface area contributed by atoms with E-state index in [1.807, 2.05) is 12.1 Å². The van der Waals surface area contributed by atoms with Crippen LogP contribution in [0.1, 0.15) is 25.5 Å². The standard InChI is InChI=1S/C15H25N3O/c1-12(2)17-6-8-18(9-7-17)14-5-3-4-13(10-14)15(16)11-19/h3-5,10,12,15,19H,6-9,11,16H2,1-2H3. The van der Waals surface area contributed by atoms with E-state index >= 15 is 0 Å². The maximum Gasteiger partial charge on any atom is 0.0624 e. The van der Waals surface area contributed by atoms with Crippen molar-refractivity contribution in [2.45, 2.75) is 25.9 Å². The molecule has 0 saturated carbocycles. The molecule has 1 atom stereocenters. The topological polar surface area (TPSA) is 52.7 Å². The molecule has 0 aromatic heterocycles. The predicted molar refractivity (Wildman–Crippen MR) is 79.4 cm³/mol. The second-order valence-electron chi connectivity index (χ2n) is 5.50. The first-order valence-corrected chi connectivity index (χ1v) is 7.07. The molecule has 1 aliphatic rings. The summed E-state index contributed by atoms with van der Waals surface area (Å²) in [6.07, 6.45) is 0. The molecule has 0 aliphatic carbocycles.